The van der Waals surface area contributed by atoms with Gasteiger partial charge in [-0.05, 0) is 12.1 Å². The quantitative estimate of drug-likeness (QED) is 0.738. The molecule has 0 atom stereocenters. The van der Waals surface area contributed by atoms with Gasteiger partial charge in [-0.3, -0.25) is 14.8 Å². The van der Waals surface area contributed by atoms with Crippen molar-refractivity contribution in [2.45, 2.75) is 0 Å². The second-order valence-corrected chi connectivity index (χ2v) is 3.34. The van der Waals surface area contributed by atoms with E-state index in [0.29, 0.717) is 5.75 Å². The maximum Gasteiger partial charge on any atom is 0.328 e. The second kappa shape index (κ2) is 4.66. The van der Waals surface area contributed by atoms with Crippen molar-refractivity contribution in [1.82, 2.24) is 9.97 Å². The monoisotopic (exact) mass is 250 g/mol. The fourth-order valence-electron chi connectivity index (χ4n) is 1.37. The van der Waals surface area contributed by atoms with E-state index in [9.17, 15) is 14.7 Å². The number of hydrogen-bond acceptors (Lipinski definition) is 5. The lowest BCUT2D eigenvalue weighted by Crippen LogP contribution is -2.22. The molecule has 7 heteroatoms. The number of aromatic nitrogens is 2. The van der Waals surface area contributed by atoms with E-state index in [1.54, 1.807) is 24.3 Å². The average molecular weight is 250 g/mol. The number of aromatic amines is 2. The third-order valence-electron chi connectivity index (χ3n) is 2.16. The predicted octanol–water partition coefficient (Wildman–Crippen LogP) is 0.570. The fraction of sp³-hybridized carbons (Fsp3) is 0.0909. The van der Waals surface area contributed by atoms with Gasteiger partial charge < -0.3 is 14.6 Å². The van der Waals surface area contributed by atoms with Gasteiger partial charge >= 0.3 is 11.2 Å². The van der Waals surface area contributed by atoms with E-state index in [1.165, 1.54) is 7.11 Å². The Morgan fingerprint density at radius 1 is 1.11 bits per heavy atom. The fourth-order valence-corrected chi connectivity index (χ4v) is 1.37. The van der Waals surface area contributed by atoms with Crippen LogP contribution in [0, 0.1) is 0 Å². The standard InChI is InChI=1S/C11H10N2O5/c1-17-6-4-2-3-5-7(6)18-8-9(14)12-11(16)13-10(8)15/h2-5H,1H3,(H3,12,13,14,15,16). The lowest BCUT2D eigenvalue weighted by molar-refractivity contribution is 0.356. The van der Waals surface area contributed by atoms with E-state index in [4.69, 9.17) is 9.47 Å². The number of methoxy groups -OCH3 is 1. The van der Waals surface area contributed by atoms with Crippen molar-refractivity contribution in [3.8, 4) is 23.1 Å². The topological polar surface area (TPSA) is 104 Å². The molecule has 0 spiro atoms. The number of benzene rings is 1. The Morgan fingerprint density at radius 3 is 2.39 bits per heavy atom. The molecular weight excluding hydrogens is 240 g/mol. The predicted molar refractivity (Wildman–Crippen MR) is 62.4 cm³/mol. The highest BCUT2D eigenvalue weighted by Crippen LogP contribution is 2.31. The smallest absolute Gasteiger partial charge is 0.328 e. The van der Waals surface area contributed by atoms with Crippen LogP contribution in [-0.2, 0) is 0 Å². The molecule has 2 aromatic rings. The molecule has 0 fully saturated rings. The van der Waals surface area contributed by atoms with Gasteiger partial charge in [0.15, 0.2) is 11.5 Å². The highest BCUT2D eigenvalue weighted by molar-refractivity contribution is 5.43. The van der Waals surface area contributed by atoms with Crippen molar-refractivity contribution < 1.29 is 14.6 Å². The first-order chi connectivity index (χ1) is 8.61. The van der Waals surface area contributed by atoms with Crippen LogP contribution in [0.1, 0.15) is 0 Å². The summed E-state index contributed by atoms with van der Waals surface area (Å²) in [5.41, 5.74) is -1.65. The lowest BCUT2D eigenvalue weighted by atomic mass is 10.3. The van der Waals surface area contributed by atoms with Gasteiger partial charge in [-0.2, -0.15) is 0 Å². The summed E-state index contributed by atoms with van der Waals surface area (Å²) >= 11 is 0. The van der Waals surface area contributed by atoms with Crippen LogP contribution < -0.4 is 20.7 Å². The highest BCUT2D eigenvalue weighted by atomic mass is 16.5. The summed E-state index contributed by atoms with van der Waals surface area (Å²) in [6.45, 7) is 0. The number of hydrogen-bond donors (Lipinski definition) is 3. The Morgan fingerprint density at radius 2 is 1.78 bits per heavy atom. The number of para-hydroxylation sites is 2. The maximum absolute atomic E-state index is 11.5. The zero-order chi connectivity index (χ0) is 13.1. The number of H-pyrrole nitrogens is 2. The maximum atomic E-state index is 11.5. The molecule has 0 unspecified atom stereocenters. The summed E-state index contributed by atoms with van der Waals surface area (Å²) in [5, 5.41) is 9.46. The molecule has 0 aliphatic rings. The zero-order valence-electron chi connectivity index (χ0n) is 9.39. The molecule has 0 radical (unpaired) electrons. The molecule has 0 bridgehead atoms. The van der Waals surface area contributed by atoms with Crippen molar-refractivity contribution in [2.24, 2.45) is 0 Å². The Bertz CT molecular complexity index is 674. The molecule has 0 saturated heterocycles. The average Bonchev–Trinajstić information content (AvgIpc) is 2.34. The van der Waals surface area contributed by atoms with Crippen LogP contribution in [0.4, 0.5) is 0 Å². The molecule has 94 valence electrons. The van der Waals surface area contributed by atoms with E-state index >= 15 is 0 Å². The van der Waals surface area contributed by atoms with E-state index < -0.39 is 22.9 Å². The van der Waals surface area contributed by atoms with Crippen LogP contribution in [0.25, 0.3) is 0 Å². The first-order valence-corrected chi connectivity index (χ1v) is 4.98. The number of nitrogens with one attached hydrogen (secondary N) is 2. The molecule has 0 aliphatic heterocycles. The van der Waals surface area contributed by atoms with Crippen LogP contribution in [0.2, 0.25) is 0 Å². The van der Waals surface area contributed by atoms with Crippen LogP contribution in [0.5, 0.6) is 23.1 Å². The Hall–Kier alpha value is -2.70. The Kier molecular flexibility index (Phi) is 3.05. The molecule has 1 heterocycles. The van der Waals surface area contributed by atoms with Crippen LogP contribution in [0.15, 0.2) is 33.9 Å². The number of rotatable bonds is 3. The summed E-state index contributed by atoms with van der Waals surface area (Å²) < 4.78 is 10.3. The van der Waals surface area contributed by atoms with Crippen LogP contribution in [-0.4, -0.2) is 22.2 Å². The normalized spacial score (nSPS) is 10.1. The van der Waals surface area contributed by atoms with Gasteiger partial charge in [-0.1, -0.05) is 12.1 Å². The first kappa shape index (κ1) is 11.8. The third-order valence-corrected chi connectivity index (χ3v) is 2.16. The molecule has 18 heavy (non-hydrogen) atoms. The minimum absolute atomic E-state index is 0.243. The van der Waals surface area contributed by atoms with Crippen LogP contribution in [0.3, 0.4) is 0 Å². The summed E-state index contributed by atoms with van der Waals surface area (Å²) in [7, 11) is 1.44. The summed E-state index contributed by atoms with van der Waals surface area (Å²) in [6.07, 6.45) is 0. The van der Waals surface area contributed by atoms with Gasteiger partial charge in [-0.15, -0.1) is 0 Å². The minimum Gasteiger partial charge on any atom is -0.493 e. The van der Waals surface area contributed by atoms with E-state index in [2.05, 4.69) is 0 Å². The van der Waals surface area contributed by atoms with Gasteiger partial charge in [0.2, 0.25) is 5.88 Å². The van der Waals surface area contributed by atoms with Gasteiger partial charge in [0.1, 0.15) is 0 Å². The van der Waals surface area contributed by atoms with Crippen molar-refractivity contribution in [3.05, 3.63) is 45.1 Å². The molecule has 0 saturated carbocycles. The van der Waals surface area contributed by atoms with Gasteiger partial charge in [0, 0.05) is 0 Å². The molecule has 3 N–H and O–H groups in total. The minimum atomic E-state index is -0.831. The van der Waals surface area contributed by atoms with Gasteiger partial charge in [0.05, 0.1) is 7.11 Å². The van der Waals surface area contributed by atoms with Crippen LogP contribution >= 0.6 is 0 Å². The van der Waals surface area contributed by atoms with E-state index in [0.717, 1.165) is 0 Å². The lowest BCUT2D eigenvalue weighted by Gasteiger charge is -2.09. The molecule has 2 rings (SSSR count). The number of aromatic hydroxyl groups is 1. The third kappa shape index (κ3) is 2.19. The van der Waals surface area contributed by atoms with Crippen molar-refractivity contribution in [2.75, 3.05) is 7.11 Å². The van der Waals surface area contributed by atoms with Gasteiger partial charge in [0.25, 0.3) is 5.75 Å². The first-order valence-electron chi connectivity index (χ1n) is 4.98. The Labute approximate surface area is 101 Å². The van der Waals surface area contributed by atoms with Crippen molar-refractivity contribution >= 4 is 0 Å². The van der Waals surface area contributed by atoms with Crippen molar-refractivity contribution in [3.63, 3.8) is 0 Å². The summed E-state index contributed by atoms with van der Waals surface area (Å²) in [5.74, 6) is -0.413. The SMILES string of the molecule is COc1ccccc1Oc1c(O)[nH]c(=O)[nH]c1=O. The Balaban J connectivity index is 2.47. The molecule has 0 amide bonds. The second-order valence-electron chi connectivity index (χ2n) is 3.34. The molecular formula is C11H10N2O5. The van der Waals surface area contributed by atoms with Gasteiger partial charge in [-0.25, -0.2) is 4.79 Å². The summed E-state index contributed by atoms with van der Waals surface area (Å²) in [4.78, 5) is 26.3. The molecule has 1 aromatic heterocycles. The number of ether oxygens (including phenoxy) is 2. The van der Waals surface area contributed by atoms with Crippen molar-refractivity contribution in [1.29, 1.82) is 0 Å². The molecule has 0 aliphatic carbocycles. The zero-order valence-corrected chi connectivity index (χ0v) is 9.39. The largest absolute Gasteiger partial charge is 0.493 e. The molecule has 1 aromatic carbocycles. The summed E-state index contributed by atoms with van der Waals surface area (Å²) in [6, 6.07) is 6.59. The molecule has 7 nitrogen and oxygen atoms in total. The highest BCUT2D eigenvalue weighted by Gasteiger charge is 2.13. The van der Waals surface area contributed by atoms with E-state index in [1.807, 2.05) is 9.97 Å². The van der Waals surface area contributed by atoms with E-state index in [-0.39, 0.29) is 5.75 Å².